The summed E-state index contributed by atoms with van der Waals surface area (Å²) in [5, 5.41) is 8.89. The van der Waals surface area contributed by atoms with Gasteiger partial charge in [0.05, 0.1) is 13.5 Å². The molecule has 1 aromatic rings. The predicted octanol–water partition coefficient (Wildman–Crippen LogP) is 1.70. The molecule has 16 heavy (non-hydrogen) atoms. The maximum Gasteiger partial charge on any atom is 0.304 e. The molecule has 0 spiro atoms. The maximum atomic E-state index is 10.8. The minimum atomic E-state index is -0.767. The fourth-order valence-corrected chi connectivity index (χ4v) is 2.35. The Morgan fingerprint density at radius 1 is 1.62 bits per heavy atom. The molecule has 1 heterocycles. The van der Waals surface area contributed by atoms with Gasteiger partial charge in [0.1, 0.15) is 5.75 Å². The molecule has 0 radical (unpaired) electrons. The van der Waals surface area contributed by atoms with E-state index in [2.05, 4.69) is 4.90 Å². The Bertz CT molecular complexity index is 417. The van der Waals surface area contributed by atoms with E-state index in [9.17, 15) is 4.79 Å². The molecule has 1 atom stereocenters. The number of anilines is 1. The summed E-state index contributed by atoms with van der Waals surface area (Å²) in [5.41, 5.74) is 2.10. The molecule has 1 aromatic carbocycles. The van der Waals surface area contributed by atoms with Gasteiger partial charge >= 0.3 is 5.97 Å². The smallest absolute Gasteiger partial charge is 0.304 e. The van der Waals surface area contributed by atoms with Crippen molar-refractivity contribution in [3.8, 4) is 5.75 Å². The van der Waals surface area contributed by atoms with Crippen LogP contribution in [0.15, 0.2) is 18.2 Å². The summed E-state index contributed by atoms with van der Waals surface area (Å²) in [6, 6.07) is 5.81. The Hall–Kier alpha value is -1.71. The average Bonchev–Trinajstić information content (AvgIpc) is 2.55. The van der Waals surface area contributed by atoms with E-state index in [-0.39, 0.29) is 12.3 Å². The lowest BCUT2D eigenvalue weighted by Gasteiger charge is -2.12. The van der Waals surface area contributed by atoms with Crippen LogP contribution >= 0.6 is 0 Å². The second kappa shape index (κ2) is 4.04. The fourth-order valence-electron chi connectivity index (χ4n) is 2.35. The van der Waals surface area contributed by atoms with Gasteiger partial charge in [-0.3, -0.25) is 4.79 Å². The summed E-state index contributed by atoms with van der Waals surface area (Å²) in [5.74, 6) is 0.0407. The second-order valence-corrected chi connectivity index (χ2v) is 4.07. The Balaban J connectivity index is 2.41. The SMILES string of the molecule is COc1cccc2c1C(CC(=O)O)CN2C. The zero-order valence-electron chi connectivity index (χ0n) is 9.43. The molecule has 0 saturated carbocycles. The van der Waals surface area contributed by atoms with Crippen LogP contribution in [-0.2, 0) is 4.79 Å². The van der Waals surface area contributed by atoms with Gasteiger partial charge in [0, 0.05) is 30.8 Å². The van der Waals surface area contributed by atoms with Crippen molar-refractivity contribution in [2.75, 3.05) is 25.6 Å². The van der Waals surface area contributed by atoms with Crippen LogP contribution in [0.2, 0.25) is 0 Å². The van der Waals surface area contributed by atoms with E-state index >= 15 is 0 Å². The summed E-state index contributed by atoms with van der Waals surface area (Å²) >= 11 is 0. The third kappa shape index (κ3) is 1.71. The van der Waals surface area contributed by atoms with Gasteiger partial charge in [-0.2, -0.15) is 0 Å². The van der Waals surface area contributed by atoms with Gasteiger partial charge in [-0.25, -0.2) is 0 Å². The first-order chi connectivity index (χ1) is 7.63. The highest BCUT2D eigenvalue weighted by Gasteiger charge is 2.30. The number of likely N-dealkylation sites (N-methyl/N-ethyl adjacent to an activating group) is 1. The number of hydrogen-bond acceptors (Lipinski definition) is 3. The Kier molecular flexibility index (Phi) is 2.73. The van der Waals surface area contributed by atoms with Gasteiger partial charge in [0.2, 0.25) is 0 Å². The number of carbonyl (C=O) groups is 1. The standard InChI is InChI=1S/C12H15NO3/c1-13-7-8(6-11(14)15)12-9(13)4-3-5-10(12)16-2/h3-5,8H,6-7H2,1-2H3,(H,14,15). The normalized spacial score (nSPS) is 18.4. The minimum absolute atomic E-state index is 0.0219. The number of rotatable bonds is 3. The summed E-state index contributed by atoms with van der Waals surface area (Å²) in [6.07, 6.45) is 0.151. The van der Waals surface area contributed by atoms with Crippen LogP contribution in [0.4, 0.5) is 5.69 Å². The Morgan fingerprint density at radius 3 is 3.00 bits per heavy atom. The van der Waals surface area contributed by atoms with E-state index in [1.807, 2.05) is 25.2 Å². The third-order valence-corrected chi connectivity index (χ3v) is 3.00. The zero-order chi connectivity index (χ0) is 11.7. The summed E-state index contributed by atoms with van der Waals surface area (Å²) in [6.45, 7) is 0.738. The Morgan fingerprint density at radius 2 is 2.38 bits per heavy atom. The number of ether oxygens (including phenoxy) is 1. The van der Waals surface area contributed by atoms with Crippen LogP contribution < -0.4 is 9.64 Å². The number of fused-ring (bicyclic) bond motifs is 1. The molecule has 4 heteroatoms. The molecule has 2 rings (SSSR count). The quantitative estimate of drug-likeness (QED) is 0.844. The third-order valence-electron chi connectivity index (χ3n) is 3.00. The zero-order valence-corrected chi connectivity index (χ0v) is 9.43. The van der Waals surface area contributed by atoms with E-state index in [0.717, 1.165) is 23.5 Å². The van der Waals surface area contributed by atoms with Crippen LogP contribution in [0.25, 0.3) is 0 Å². The number of benzene rings is 1. The first-order valence-electron chi connectivity index (χ1n) is 5.23. The van der Waals surface area contributed by atoms with Crippen molar-refractivity contribution in [1.82, 2.24) is 0 Å². The molecular formula is C12H15NO3. The van der Waals surface area contributed by atoms with Crippen LogP contribution in [0.1, 0.15) is 17.9 Å². The molecule has 0 saturated heterocycles. The molecule has 0 fully saturated rings. The molecule has 1 aliphatic rings. The number of aliphatic carboxylic acids is 1. The van der Waals surface area contributed by atoms with Crippen molar-refractivity contribution in [2.24, 2.45) is 0 Å². The summed E-state index contributed by atoms with van der Waals surface area (Å²) in [7, 11) is 3.59. The molecule has 0 amide bonds. The first-order valence-corrected chi connectivity index (χ1v) is 5.23. The van der Waals surface area contributed by atoms with E-state index in [4.69, 9.17) is 9.84 Å². The number of carboxylic acids is 1. The highest BCUT2D eigenvalue weighted by Crippen LogP contribution is 2.42. The monoisotopic (exact) mass is 221 g/mol. The maximum absolute atomic E-state index is 10.8. The van der Waals surface area contributed by atoms with Crippen LogP contribution in [0.3, 0.4) is 0 Å². The van der Waals surface area contributed by atoms with Crippen molar-refractivity contribution < 1.29 is 14.6 Å². The summed E-state index contributed by atoms with van der Waals surface area (Å²) in [4.78, 5) is 12.9. The molecule has 0 bridgehead atoms. The second-order valence-electron chi connectivity index (χ2n) is 4.07. The Labute approximate surface area is 94.4 Å². The van der Waals surface area contributed by atoms with Gasteiger partial charge in [-0.15, -0.1) is 0 Å². The van der Waals surface area contributed by atoms with Crippen molar-refractivity contribution in [3.05, 3.63) is 23.8 Å². The van der Waals surface area contributed by atoms with Crippen molar-refractivity contribution in [1.29, 1.82) is 0 Å². The van der Waals surface area contributed by atoms with E-state index in [1.165, 1.54) is 0 Å². The lowest BCUT2D eigenvalue weighted by molar-refractivity contribution is -0.137. The minimum Gasteiger partial charge on any atom is -0.496 e. The molecule has 0 aromatic heterocycles. The van der Waals surface area contributed by atoms with Crippen LogP contribution in [0, 0.1) is 0 Å². The molecule has 1 aliphatic heterocycles. The first kappa shape index (κ1) is 10.8. The van der Waals surface area contributed by atoms with Crippen LogP contribution in [0.5, 0.6) is 5.75 Å². The largest absolute Gasteiger partial charge is 0.496 e. The predicted molar refractivity (Wildman–Crippen MR) is 61.3 cm³/mol. The van der Waals surface area contributed by atoms with Gasteiger partial charge in [-0.05, 0) is 12.1 Å². The van der Waals surface area contributed by atoms with Gasteiger partial charge < -0.3 is 14.7 Å². The molecular weight excluding hydrogens is 206 g/mol. The molecule has 1 N–H and O–H groups in total. The highest BCUT2D eigenvalue weighted by molar-refractivity contribution is 5.72. The molecule has 86 valence electrons. The summed E-state index contributed by atoms with van der Waals surface area (Å²) < 4.78 is 5.30. The van der Waals surface area contributed by atoms with E-state index in [1.54, 1.807) is 7.11 Å². The lowest BCUT2D eigenvalue weighted by atomic mass is 9.97. The number of carboxylic acid groups (broad SMARTS) is 1. The van der Waals surface area contributed by atoms with Gasteiger partial charge in [0.25, 0.3) is 0 Å². The van der Waals surface area contributed by atoms with Crippen LogP contribution in [-0.4, -0.2) is 31.8 Å². The van der Waals surface area contributed by atoms with Gasteiger partial charge in [-0.1, -0.05) is 6.07 Å². The highest BCUT2D eigenvalue weighted by atomic mass is 16.5. The number of methoxy groups -OCH3 is 1. The molecule has 4 nitrogen and oxygen atoms in total. The number of nitrogens with zero attached hydrogens (tertiary/aromatic N) is 1. The topological polar surface area (TPSA) is 49.8 Å². The number of hydrogen-bond donors (Lipinski definition) is 1. The molecule has 0 aliphatic carbocycles. The van der Waals surface area contributed by atoms with Crippen molar-refractivity contribution in [3.63, 3.8) is 0 Å². The van der Waals surface area contributed by atoms with E-state index in [0.29, 0.717) is 0 Å². The van der Waals surface area contributed by atoms with E-state index < -0.39 is 5.97 Å². The fraction of sp³-hybridized carbons (Fsp3) is 0.417. The van der Waals surface area contributed by atoms with Crippen molar-refractivity contribution >= 4 is 11.7 Å². The van der Waals surface area contributed by atoms with Gasteiger partial charge in [0.15, 0.2) is 0 Å². The average molecular weight is 221 g/mol. The molecule has 1 unspecified atom stereocenters. The lowest BCUT2D eigenvalue weighted by Crippen LogP contribution is -2.16. The van der Waals surface area contributed by atoms with Crippen molar-refractivity contribution in [2.45, 2.75) is 12.3 Å².